The van der Waals surface area contributed by atoms with Crippen molar-refractivity contribution in [1.82, 2.24) is 9.97 Å². The Bertz CT molecular complexity index is 1420. The minimum absolute atomic E-state index is 0.0376. The van der Waals surface area contributed by atoms with Crippen LogP contribution in [0.1, 0.15) is 51.0 Å². The molecule has 2 heterocycles. The van der Waals surface area contributed by atoms with Crippen molar-refractivity contribution in [3.63, 3.8) is 0 Å². The quantitative estimate of drug-likeness (QED) is 0.355. The second kappa shape index (κ2) is 10.3. The zero-order chi connectivity index (χ0) is 28.5. The van der Waals surface area contributed by atoms with Crippen molar-refractivity contribution >= 4 is 17.5 Å². The van der Waals surface area contributed by atoms with Gasteiger partial charge in [0.05, 0.1) is 18.4 Å². The predicted octanol–water partition coefficient (Wildman–Crippen LogP) is 5.42. The molecule has 3 aromatic rings. The van der Waals surface area contributed by atoms with Gasteiger partial charge in [-0.15, -0.1) is 13.2 Å². The van der Waals surface area contributed by atoms with Crippen LogP contribution in [-0.4, -0.2) is 35.3 Å². The Morgan fingerprint density at radius 2 is 1.72 bits per heavy atom. The van der Waals surface area contributed by atoms with Crippen molar-refractivity contribution in [2.24, 2.45) is 5.73 Å². The third-order valence-electron chi connectivity index (χ3n) is 5.36. The van der Waals surface area contributed by atoms with Crippen molar-refractivity contribution in [2.45, 2.75) is 31.3 Å². The van der Waals surface area contributed by atoms with Gasteiger partial charge in [0.1, 0.15) is 11.4 Å². The second-order valence-corrected chi connectivity index (χ2v) is 8.25. The number of nitrogens with zero attached hydrogens (tertiary/aromatic N) is 2. The lowest BCUT2D eigenvalue weighted by Crippen LogP contribution is -2.20. The van der Waals surface area contributed by atoms with Gasteiger partial charge in [0.2, 0.25) is 0 Å². The SMILES string of the molecule is COc1cc(OC(F)(F)F)ccc1Oc1cc(C(F)(F)F)c(C2CC2)nc1C(=O)Nc1ccnc(C(N)=O)c1. The van der Waals surface area contributed by atoms with E-state index in [0.717, 1.165) is 31.4 Å². The normalized spacial score (nSPS) is 13.5. The van der Waals surface area contributed by atoms with Gasteiger partial charge in [-0.05, 0) is 43.2 Å². The molecule has 1 fully saturated rings. The van der Waals surface area contributed by atoms with Gasteiger partial charge in [-0.1, -0.05) is 0 Å². The van der Waals surface area contributed by atoms with Crippen molar-refractivity contribution in [3.05, 3.63) is 65.2 Å². The van der Waals surface area contributed by atoms with Gasteiger partial charge in [-0.25, -0.2) is 4.98 Å². The third kappa shape index (κ3) is 6.66. The number of methoxy groups -OCH3 is 1. The number of benzene rings is 1. The minimum atomic E-state index is -5.01. The molecule has 2 aromatic heterocycles. The van der Waals surface area contributed by atoms with Crippen molar-refractivity contribution in [3.8, 4) is 23.0 Å². The summed E-state index contributed by atoms with van der Waals surface area (Å²) in [6, 6.07) is 5.67. The topological polar surface area (TPSA) is 126 Å². The molecule has 4 rings (SSSR count). The lowest BCUT2D eigenvalue weighted by Gasteiger charge is -2.19. The van der Waals surface area contributed by atoms with Gasteiger partial charge in [0.25, 0.3) is 11.8 Å². The van der Waals surface area contributed by atoms with Crippen LogP contribution in [0.5, 0.6) is 23.0 Å². The average Bonchev–Trinajstić information content (AvgIpc) is 3.69. The summed E-state index contributed by atoms with van der Waals surface area (Å²) in [4.78, 5) is 32.3. The molecule has 0 bridgehead atoms. The Morgan fingerprint density at radius 1 is 1.00 bits per heavy atom. The summed E-state index contributed by atoms with van der Waals surface area (Å²) in [5.74, 6) is -4.40. The molecule has 1 saturated carbocycles. The number of aromatic nitrogens is 2. The fourth-order valence-electron chi connectivity index (χ4n) is 3.53. The molecule has 1 aromatic carbocycles. The van der Waals surface area contributed by atoms with Crippen LogP contribution in [0, 0.1) is 0 Å². The molecule has 0 atom stereocenters. The molecule has 206 valence electrons. The van der Waals surface area contributed by atoms with Crippen LogP contribution in [0.4, 0.5) is 32.0 Å². The van der Waals surface area contributed by atoms with E-state index in [-0.39, 0.29) is 28.6 Å². The molecule has 15 heteroatoms. The molecule has 0 aliphatic heterocycles. The van der Waals surface area contributed by atoms with Gasteiger partial charge in [0, 0.05) is 23.9 Å². The number of halogens is 6. The van der Waals surface area contributed by atoms with Crippen molar-refractivity contribution < 1.29 is 50.1 Å². The summed E-state index contributed by atoms with van der Waals surface area (Å²) in [6.07, 6.45) is -7.83. The maximum absolute atomic E-state index is 13.9. The second-order valence-electron chi connectivity index (χ2n) is 8.25. The fraction of sp³-hybridized carbons (Fsp3) is 0.250. The summed E-state index contributed by atoms with van der Waals surface area (Å²) in [7, 11) is 1.09. The molecule has 9 nitrogen and oxygen atoms in total. The van der Waals surface area contributed by atoms with Crippen LogP contribution in [0.25, 0.3) is 0 Å². The van der Waals surface area contributed by atoms with Crippen molar-refractivity contribution in [2.75, 3.05) is 12.4 Å². The molecule has 0 spiro atoms. The highest BCUT2D eigenvalue weighted by molar-refractivity contribution is 6.05. The van der Waals surface area contributed by atoms with Crippen LogP contribution >= 0.6 is 0 Å². The number of anilines is 1. The molecule has 0 saturated heterocycles. The number of amides is 2. The highest BCUT2D eigenvalue weighted by Crippen LogP contribution is 2.47. The zero-order valence-electron chi connectivity index (χ0n) is 19.8. The summed E-state index contributed by atoms with van der Waals surface area (Å²) in [6.45, 7) is 0. The van der Waals surface area contributed by atoms with E-state index in [1.807, 2.05) is 0 Å². The Balaban J connectivity index is 1.77. The van der Waals surface area contributed by atoms with E-state index in [0.29, 0.717) is 18.9 Å². The van der Waals surface area contributed by atoms with E-state index in [1.54, 1.807) is 0 Å². The maximum atomic E-state index is 13.9. The number of rotatable bonds is 8. The van der Waals surface area contributed by atoms with E-state index < -0.39 is 53.0 Å². The summed E-state index contributed by atoms with van der Waals surface area (Å²) >= 11 is 0. The number of carbonyl (C=O) groups is 2. The van der Waals surface area contributed by atoms with E-state index in [2.05, 4.69) is 20.0 Å². The standard InChI is InChI=1S/C24H18F6N4O5/c1-37-17-9-13(39-24(28,29)30)4-5-16(17)38-18-10-14(23(25,26)27)19(11-2-3-11)34-20(18)22(36)33-12-6-7-32-15(8-12)21(31)35/h4-11H,2-3H2,1H3,(H2,31,35)(H,32,33,36). The maximum Gasteiger partial charge on any atom is 0.573 e. The van der Waals surface area contributed by atoms with Gasteiger partial charge in [-0.3, -0.25) is 14.6 Å². The van der Waals surface area contributed by atoms with E-state index in [9.17, 15) is 35.9 Å². The molecule has 1 aliphatic carbocycles. The molecular formula is C24H18F6N4O5. The Labute approximate surface area is 215 Å². The van der Waals surface area contributed by atoms with Gasteiger partial charge in [-0.2, -0.15) is 13.2 Å². The van der Waals surface area contributed by atoms with Gasteiger partial charge in [0.15, 0.2) is 22.9 Å². The van der Waals surface area contributed by atoms with E-state index in [4.69, 9.17) is 15.2 Å². The first-order valence-electron chi connectivity index (χ1n) is 11.1. The molecule has 2 amide bonds. The van der Waals surface area contributed by atoms with Crippen LogP contribution in [0.3, 0.4) is 0 Å². The monoisotopic (exact) mass is 556 g/mol. The first-order valence-corrected chi connectivity index (χ1v) is 11.1. The summed E-state index contributed by atoms with van der Waals surface area (Å²) in [5, 5.41) is 2.40. The number of nitrogens with one attached hydrogen (secondary N) is 1. The predicted molar refractivity (Wildman–Crippen MR) is 122 cm³/mol. The number of hydrogen-bond acceptors (Lipinski definition) is 7. The van der Waals surface area contributed by atoms with E-state index in [1.165, 1.54) is 12.3 Å². The number of alkyl halides is 6. The highest BCUT2D eigenvalue weighted by Gasteiger charge is 2.41. The minimum Gasteiger partial charge on any atom is -0.493 e. The fourth-order valence-corrected chi connectivity index (χ4v) is 3.53. The molecule has 3 N–H and O–H groups in total. The molecule has 1 aliphatic rings. The number of ether oxygens (including phenoxy) is 3. The number of primary amides is 1. The van der Waals surface area contributed by atoms with Gasteiger partial charge >= 0.3 is 12.5 Å². The molecule has 0 radical (unpaired) electrons. The number of nitrogens with two attached hydrogens (primary N) is 1. The summed E-state index contributed by atoms with van der Waals surface area (Å²) < 4.78 is 93.9. The average molecular weight is 556 g/mol. The van der Waals surface area contributed by atoms with Crippen LogP contribution in [0.2, 0.25) is 0 Å². The van der Waals surface area contributed by atoms with Gasteiger partial charge < -0.3 is 25.3 Å². The number of hydrogen-bond donors (Lipinski definition) is 2. The Kier molecular flexibility index (Phi) is 7.26. The smallest absolute Gasteiger partial charge is 0.493 e. The summed E-state index contributed by atoms with van der Waals surface area (Å²) in [5.41, 5.74) is 3.00. The first-order chi connectivity index (χ1) is 18.2. The molecule has 0 unspecified atom stereocenters. The number of carbonyl (C=O) groups excluding carboxylic acids is 2. The van der Waals surface area contributed by atoms with Crippen LogP contribution in [0.15, 0.2) is 42.6 Å². The largest absolute Gasteiger partial charge is 0.573 e. The zero-order valence-corrected chi connectivity index (χ0v) is 19.8. The Morgan fingerprint density at radius 3 is 2.31 bits per heavy atom. The highest BCUT2D eigenvalue weighted by atomic mass is 19.4. The lowest BCUT2D eigenvalue weighted by atomic mass is 10.1. The lowest BCUT2D eigenvalue weighted by molar-refractivity contribution is -0.274. The number of pyridine rings is 2. The van der Waals surface area contributed by atoms with Crippen LogP contribution in [-0.2, 0) is 6.18 Å². The van der Waals surface area contributed by atoms with Crippen molar-refractivity contribution in [1.29, 1.82) is 0 Å². The molecule has 39 heavy (non-hydrogen) atoms. The Hall–Kier alpha value is -4.56. The third-order valence-corrected chi connectivity index (χ3v) is 5.36. The van der Waals surface area contributed by atoms with E-state index >= 15 is 0 Å². The molecular weight excluding hydrogens is 538 g/mol. The van der Waals surface area contributed by atoms with Crippen LogP contribution < -0.4 is 25.3 Å². The first kappa shape index (κ1) is 27.5.